The van der Waals surface area contributed by atoms with E-state index >= 15 is 0 Å². The van der Waals surface area contributed by atoms with Crippen molar-refractivity contribution in [3.8, 4) is 0 Å². The summed E-state index contributed by atoms with van der Waals surface area (Å²) in [6.07, 6.45) is 40.9. The molecule has 0 saturated heterocycles. The van der Waals surface area contributed by atoms with Gasteiger partial charge in [0, 0.05) is 7.11 Å². The van der Waals surface area contributed by atoms with E-state index in [0.29, 0.717) is 13.2 Å². The number of ether oxygens (including phenoxy) is 3. The van der Waals surface area contributed by atoms with Crippen LogP contribution < -0.4 is 0 Å². The van der Waals surface area contributed by atoms with Crippen molar-refractivity contribution in [3.05, 3.63) is 0 Å². The van der Waals surface area contributed by atoms with Crippen LogP contribution in [0.5, 0.6) is 0 Å². The average Bonchev–Trinajstić information content (AvgIpc) is 3.56. The smallest absolute Gasteiger partial charge is 0.391 e. The molecule has 0 aromatic carbocycles. The van der Waals surface area contributed by atoms with Gasteiger partial charge in [0.2, 0.25) is 0 Å². The molecule has 0 radical (unpaired) electrons. The van der Waals surface area contributed by atoms with Crippen molar-refractivity contribution in [2.24, 2.45) is 10.9 Å². The Morgan fingerprint density at radius 1 is 0.600 bits per heavy atom. The van der Waals surface area contributed by atoms with E-state index in [-0.39, 0.29) is 24.1 Å². The molecule has 5 heteroatoms. The maximum atomic E-state index is 13.1. The van der Waals surface area contributed by atoms with E-state index in [1.165, 1.54) is 173 Å². The highest BCUT2D eigenvalue weighted by Gasteiger charge is 2.27. The number of aliphatic imine (C=N–C) groups is 1. The van der Waals surface area contributed by atoms with Crippen LogP contribution in [0.1, 0.15) is 213 Å². The van der Waals surface area contributed by atoms with Crippen LogP contribution in [0.4, 0.5) is 0 Å². The largest absolute Gasteiger partial charge is 0.448 e. The third-order valence-corrected chi connectivity index (χ3v) is 9.75. The van der Waals surface area contributed by atoms with Crippen molar-refractivity contribution in [1.82, 2.24) is 0 Å². The molecule has 5 nitrogen and oxygen atoms in total. The number of nitrogens with zero attached hydrogens (tertiary/aromatic N) is 1. The minimum atomic E-state index is -0.187. The van der Waals surface area contributed by atoms with Gasteiger partial charge in [0.05, 0.1) is 18.6 Å². The van der Waals surface area contributed by atoms with Gasteiger partial charge in [-0.3, -0.25) is 4.79 Å². The van der Waals surface area contributed by atoms with Crippen molar-refractivity contribution in [2.45, 2.75) is 219 Å². The van der Waals surface area contributed by atoms with Crippen LogP contribution in [0.2, 0.25) is 0 Å². The van der Waals surface area contributed by atoms with Crippen LogP contribution in [-0.2, 0) is 19.0 Å². The number of hydrogen-bond donors (Lipinski definition) is 0. The van der Waals surface area contributed by atoms with Crippen LogP contribution in [0.25, 0.3) is 0 Å². The number of methoxy groups -OCH3 is 1. The highest BCUT2D eigenvalue weighted by atomic mass is 16.7. The molecular weight excluding hydrogens is 558 g/mol. The Balaban J connectivity index is 2.17. The molecule has 266 valence electrons. The lowest BCUT2D eigenvalue weighted by Crippen LogP contribution is -2.26. The van der Waals surface area contributed by atoms with Gasteiger partial charge in [-0.1, -0.05) is 194 Å². The predicted octanol–water partition coefficient (Wildman–Crippen LogP) is 12.7. The van der Waals surface area contributed by atoms with Gasteiger partial charge < -0.3 is 14.2 Å². The van der Waals surface area contributed by atoms with Gasteiger partial charge in [-0.25, -0.2) is 4.99 Å². The third kappa shape index (κ3) is 26.6. The number of rotatable bonds is 34. The number of esters is 1. The zero-order valence-corrected chi connectivity index (χ0v) is 30.6. The molecule has 0 spiro atoms. The summed E-state index contributed by atoms with van der Waals surface area (Å²) in [4.78, 5) is 17.2. The Labute approximate surface area is 280 Å². The predicted molar refractivity (Wildman–Crippen MR) is 193 cm³/mol. The highest BCUT2D eigenvalue weighted by Crippen LogP contribution is 2.24. The fourth-order valence-electron chi connectivity index (χ4n) is 6.68. The van der Waals surface area contributed by atoms with Gasteiger partial charge in [0.25, 0.3) is 0 Å². The molecule has 0 bridgehead atoms. The molecule has 1 heterocycles. The maximum absolute atomic E-state index is 13.1. The topological polar surface area (TPSA) is 57.1 Å². The summed E-state index contributed by atoms with van der Waals surface area (Å²) in [6.45, 7) is 5.65. The second-order valence-corrected chi connectivity index (χ2v) is 14.0. The molecule has 0 aromatic rings. The van der Waals surface area contributed by atoms with E-state index in [9.17, 15) is 4.79 Å². The van der Waals surface area contributed by atoms with Gasteiger partial charge in [-0.15, -0.1) is 0 Å². The summed E-state index contributed by atoms with van der Waals surface area (Å²) in [7, 11) is 1.80. The second-order valence-electron chi connectivity index (χ2n) is 14.0. The minimum Gasteiger partial charge on any atom is -0.448 e. The summed E-state index contributed by atoms with van der Waals surface area (Å²) >= 11 is 0. The van der Waals surface area contributed by atoms with Crippen molar-refractivity contribution >= 4 is 12.1 Å². The summed E-state index contributed by atoms with van der Waals surface area (Å²) in [5.74, 6) is -0.334. The second kappa shape index (κ2) is 32.8. The van der Waals surface area contributed by atoms with Gasteiger partial charge in [0.15, 0.2) is 0 Å². The van der Waals surface area contributed by atoms with E-state index in [1.807, 2.05) is 0 Å². The van der Waals surface area contributed by atoms with Gasteiger partial charge in [0.1, 0.15) is 6.61 Å². The van der Waals surface area contributed by atoms with E-state index < -0.39 is 0 Å². The molecule has 0 N–H and O–H groups in total. The van der Waals surface area contributed by atoms with Crippen molar-refractivity contribution in [3.63, 3.8) is 0 Å². The van der Waals surface area contributed by atoms with Crippen LogP contribution in [0, 0.1) is 5.92 Å². The van der Waals surface area contributed by atoms with E-state index in [2.05, 4.69) is 18.8 Å². The lowest BCUT2D eigenvalue weighted by Gasteiger charge is -2.21. The molecule has 0 saturated carbocycles. The molecule has 1 aliphatic rings. The number of hydrogen-bond acceptors (Lipinski definition) is 5. The van der Waals surface area contributed by atoms with Crippen molar-refractivity contribution < 1.29 is 19.0 Å². The van der Waals surface area contributed by atoms with Crippen LogP contribution in [0.15, 0.2) is 4.99 Å². The molecule has 0 aromatic heterocycles. The van der Waals surface area contributed by atoms with Gasteiger partial charge in [-0.2, -0.15) is 0 Å². The van der Waals surface area contributed by atoms with Crippen molar-refractivity contribution in [2.75, 3.05) is 20.3 Å². The Morgan fingerprint density at radius 2 is 0.978 bits per heavy atom. The molecule has 1 rings (SSSR count). The third-order valence-electron chi connectivity index (χ3n) is 9.75. The molecule has 2 atom stereocenters. The zero-order chi connectivity index (χ0) is 32.5. The molecule has 0 fully saturated rings. The van der Waals surface area contributed by atoms with Crippen molar-refractivity contribution in [1.29, 1.82) is 0 Å². The first-order valence-electron chi connectivity index (χ1n) is 20.1. The first kappa shape index (κ1) is 41.9. The van der Waals surface area contributed by atoms with Gasteiger partial charge in [-0.05, 0) is 19.3 Å². The van der Waals surface area contributed by atoms with Crippen LogP contribution >= 0.6 is 0 Å². The summed E-state index contributed by atoms with van der Waals surface area (Å²) in [6, 6.07) is 0. The maximum Gasteiger partial charge on any atom is 0.391 e. The monoisotopic (exact) mass is 636 g/mol. The van der Waals surface area contributed by atoms with Crippen LogP contribution in [-0.4, -0.2) is 38.4 Å². The van der Waals surface area contributed by atoms with E-state index in [1.54, 1.807) is 7.11 Å². The lowest BCUT2D eigenvalue weighted by molar-refractivity contribution is -0.143. The van der Waals surface area contributed by atoms with Gasteiger partial charge >= 0.3 is 12.1 Å². The standard InChI is InChI=1S/C40H77NO4/c1-4-6-8-10-12-14-16-18-19-20-21-22-24-26-28-30-32-37(39(42)45-40-41-34-35-44-40)36-38(43-3)33-31-29-27-25-23-17-15-13-11-9-7-5-2/h37-38H,4-36H2,1-3H3. The zero-order valence-electron chi connectivity index (χ0n) is 30.6. The Kier molecular flexibility index (Phi) is 30.6. The summed E-state index contributed by atoms with van der Waals surface area (Å²) in [5.41, 5.74) is 0. The molecule has 45 heavy (non-hydrogen) atoms. The summed E-state index contributed by atoms with van der Waals surface area (Å²) in [5, 5.41) is 0. The fraction of sp³-hybridized carbons (Fsp3) is 0.950. The average molecular weight is 636 g/mol. The first-order chi connectivity index (χ1) is 22.2. The summed E-state index contributed by atoms with van der Waals surface area (Å²) < 4.78 is 16.8. The number of carbonyl (C=O) groups excluding carboxylic acids is 1. The highest BCUT2D eigenvalue weighted by molar-refractivity contribution is 5.86. The molecule has 1 aliphatic heterocycles. The molecule has 2 unspecified atom stereocenters. The number of unbranched alkanes of at least 4 members (excludes halogenated alkanes) is 26. The quantitative estimate of drug-likeness (QED) is 0.0521. The normalized spacial score (nSPS) is 14.3. The lowest BCUT2D eigenvalue weighted by atomic mass is 9.92. The minimum absolute atomic E-state index is 0.109. The Hall–Kier alpha value is -1.10. The molecule has 0 amide bonds. The van der Waals surface area contributed by atoms with Crippen LogP contribution in [0.3, 0.4) is 0 Å². The molecular formula is C40H77NO4. The Bertz CT molecular complexity index is 667. The van der Waals surface area contributed by atoms with E-state index in [4.69, 9.17) is 14.2 Å². The van der Waals surface area contributed by atoms with E-state index in [0.717, 1.165) is 25.7 Å². The first-order valence-corrected chi connectivity index (χ1v) is 20.1. The fourth-order valence-corrected chi connectivity index (χ4v) is 6.68. The Morgan fingerprint density at radius 3 is 1.33 bits per heavy atom. The SMILES string of the molecule is CCCCCCCCCCCCCCCCCCC(CC(CCCCCCCCCCCCCC)OC)C(=O)OC1=NCCO1. The molecule has 0 aliphatic carbocycles. The number of carbonyl (C=O) groups is 1.